The van der Waals surface area contributed by atoms with Crippen molar-refractivity contribution in [1.82, 2.24) is 9.29 Å². The third-order valence-corrected chi connectivity index (χ3v) is 5.30. The molecule has 0 fully saturated rings. The molecule has 0 N–H and O–H groups in total. The molecule has 0 bridgehead atoms. The van der Waals surface area contributed by atoms with Crippen LogP contribution in [-0.2, 0) is 16.8 Å². The Balaban J connectivity index is 2.42. The normalized spacial score (nSPS) is 14.3. The van der Waals surface area contributed by atoms with Gasteiger partial charge in [0, 0.05) is 17.5 Å². The summed E-state index contributed by atoms with van der Waals surface area (Å²) in [5, 5.41) is 0.0629. The fraction of sp³-hybridized carbons (Fsp3) is 0.308. The van der Waals surface area contributed by atoms with Crippen molar-refractivity contribution in [3.8, 4) is 10.4 Å². The third kappa shape index (κ3) is 3.37. The molecule has 0 spiro atoms. The van der Waals surface area contributed by atoms with Crippen LogP contribution >= 0.6 is 11.3 Å². The molecule has 1 aromatic carbocycles. The summed E-state index contributed by atoms with van der Waals surface area (Å²) >= 11 is -2.42. The molecule has 1 aromatic heterocycles. The monoisotopic (exact) mass is 349 g/mol. The number of hydrogen-bond acceptors (Lipinski definition) is 4. The van der Waals surface area contributed by atoms with E-state index in [-0.39, 0.29) is 5.01 Å². The van der Waals surface area contributed by atoms with Gasteiger partial charge in [0.2, 0.25) is 0 Å². The summed E-state index contributed by atoms with van der Waals surface area (Å²) in [7, 11) is 0. The van der Waals surface area contributed by atoms with Gasteiger partial charge in [-0.2, -0.15) is 13.2 Å². The van der Waals surface area contributed by atoms with Crippen LogP contribution in [0.1, 0.15) is 18.9 Å². The molecule has 0 aliphatic carbocycles. The van der Waals surface area contributed by atoms with Gasteiger partial charge in [0.1, 0.15) is 5.01 Å². The SMILES string of the molecule is CC(C)(c1ncc(-c2ccccc2)s1)N(S(=O)[O-])C(F)(F)F. The van der Waals surface area contributed by atoms with E-state index in [2.05, 4.69) is 4.98 Å². The van der Waals surface area contributed by atoms with Crippen LogP contribution in [0.15, 0.2) is 36.5 Å². The first-order valence-corrected chi connectivity index (χ1v) is 7.97. The largest absolute Gasteiger partial charge is 0.759 e. The zero-order valence-electron chi connectivity index (χ0n) is 11.6. The summed E-state index contributed by atoms with van der Waals surface area (Å²) in [6.45, 7) is 2.34. The summed E-state index contributed by atoms with van der Waals surface area (Å²) in [6.07, 6.45) is -3.58. The van der Waals surface area contributed by atoms with Crippen LogP contribution in [0.2, 0.25) is 0 Å². The fourth-order valence-corrected chi connectivity index (χ4v) is 3.67. The Labute approximate surface area is 132 Å². The van der Waals surface area contributed by atoms with Crippen LogP contribution in [0.5, 0.6) is 0 Å². The molecular weight excluding hydrogens is 337 g/mol. The van der Waals surface area contributed by atoms with Gasteiger partial charge in [-0.15, -0.1) is 15.6 Å². The standard InChI is InChI=1S/C13H13F3N2O2S2/c1-12(2,18(22(19)20)13(14,15)16)11-17-8-10(21-11)9-6-4-3-5-7-9/h3-8H,1-2H3,(H,19,20)/p-1. The highest BCUT2D eigenvalue weighted by atomic mass is 32.2. The molecule has 0 radical (unpaired) electrons. The minimum absolute atomic E-state index is 0.0629. The second-order valence-electron chi connectivity index (χ2n) is 4.93. The maximum absolute atomic E-state index is 13.0. The van der Waals surface area contributed by atoms with Crippen molar-refractivity contribution in [2.24, 2.45) is 0 Å². The second-order valence-corrected chi connectivity index (χ2v) is 6.76. The zero-order valence-corrected chi connectivity index (χ0v) is 13.3. The molecule has 0 saturated carbocycles. The molecule has 2 rings (SSSR count). The molecule has 0 saturated heterocycles. The number of thiazole rings is 1. The van der Waals surface area contributed by atoms with Crippen molar-refractivity contribution >= 4 is 22.6 Å². The van der Waals surface area contributed by atoms with Crippen LogP contribution in [0.3, 0.4) is 0 Å². The van der Waals surface area contributed by atoms with Gasteiger partial charge in [-0.25, -0.2) is 4.98 Å². The number of rotatable bonds is 4. The Morgan fingerprint density at radius 3 is 2.32 bits per heavy atom. The van der Waals surface area contributed by atoms with Gasteiger partial charge in [0.25, 0.3) is 0 Å². The van der Waals surface area contributed by atoms with Gasteiger partial charge >= 0.3 is 6.30 Å². The Bertz CT molecular complexity index is 671. The zero-order chi connectivity index (χ0) is 16.5. The van der Waals surface area contributed by atoms with E-state index in [4.69, 9.17) is 0 Å². The van der Waals surface area contributed by atoms with Crippen molar-refractivity contribution in [3.63, 3.8) is 0 Å². The number of halogens is 3. The lowest BCUT2D eigenvalue weighted by atomic mass is 10.1. The topological polar surface area (TPSA) is 56.3 Å². The van der Waals surface area contributed by atoms with Gasteiger partial charge in [-0.1, -0.05) is 30.3 Å². The Morgan fingerprint density at radius 2 is 1.82 bits per heavy atom. The number of nitrogens with zero attached hydrogens (tertiary/aromatic N) is 2. The minimum Gasteiger partial charge on any atom is -0.759 e. The Kier molecular flexibility index (Phi) is 4.71. The number of benzene rings is 1. The smallest absolute Gasteiger partial charge is 0.471 e. The lowest BCUT2D eigenvalue weighted by Crippen LogP contribution is -2.50. The molecule has 9 heteroatoms. The van der Waals surface area contributed by atoms with E-state index in [1.54, 1.807) is 24.3 Å². The predicted molar refractivity (Wildman–Crippen MR) is 77.4 cm³/mol. The number of hydrogen-bond donors (Lipinski definition) is 0. The molecule has 1 heterocycles. The van der Waals surface area contributed by atoms with E-state index in [1.807, 2.05) is 6.07 Å². The first-order chi connectivity index (χ1) is 10.1. The lowest BCUT2D eigenvalue weighted by Gasteiger charge is -2.38. The van der Waals surface area contributed by atoms with Crippen molar-refractivity contribution in [2.75, 3.05) is 0 Å². The van der Waals surface area contributed by atoms with Gasteiger partial charge in [-0.3, -0.25) is 4.21 Å². The molecular formula is C13H12F3N2O2S2-. The summed E-state index contributed by atoms with van der Waals surface area (Å²) in [5.74, 6) is 0. The molecule has 120 valence electrons. The summed E-state index contributed by atoms with van der Waals surface area (Å²) < 4.78 is 60.5. The highest BCUT2D eigenvalue weighted by Crippen LogP contribution is 2.40. The first kappa shape index (κ1) is 17.1. The van der Waals surface area contributed by atoms with E-state index in [1.165, 1.54) is 20.0 Å². The second kappa shape index (κ2) is 6.07. The van der Waals surface area contributed by atoms with Gasteiger partial charge < -0.3 is 4.55 Å². The van der Waals surface area contributed by atoms with E-state index >= 15 is 0 Å². The minimum atomic E-state index is -5.02. The van der Waals surface area contributed by atoms with E-state index in [9.17, 15) is 21.9 Å². The van der Waals surface area contributed by atoms with Crippen LogP contribution in [0.4, 0.5) is 13.2 Å². The summed E-state index contributed by atoms with van der Waals surface area (Å²) in [4.78, 5) is 4.65. The van der Waals surface area contributed by atoms with E-state index in [0.717, 1.165) is 16.9 Å². The van der Waals surface area contributed by atoms with Crippen molar-refractivity contribution in [3.05, 3.63) is 41.5 Å². The van der Waals surface area contributed by atoms with E-state index < -0.39 is 27.4 Å². The van der Waals surface area contributed by atoms with Crippen molar-refractivity contribution in [2.45, 2.75) is 25.7 Å². The first-order valence-electron chi connectivity index (χ1n) is 6.12. The van der Waals surface area contributed by atoms with Crippen LogP contribution in [-0.4, -0.2) is 24.4 Å². The molecule has 22 heavy (non-hydrogen) atoms. The molecule has 0 amide bonds. The molecule has 4 nitrogen and oxygen atoms in total. The number of alkyl halides is 3. The van der Waals surface area contributed by atoms with E-state index in [0.29, 0.717) is 4.88 Å². The molecule has 0 aliphatic rings. The maximum Gasteiger partial charge on any atom is 0.471 e. The van der Waals surface area contributed by atoms with Gasteiger partial charge in [0.15, 0.2) is 0 Å². The highest BCUT2D eigenvalue weighted by Gasteiger charge is 2.49. The van der Waals surface area contributed by atoms with Crippen LogP contribution in [0.25, 0.3) is 10.4 Å². The predicted octanol–water partition coefficient (Wildman–Crippen LogP) is 3.66. The maximum atomic E-state index is 13.0. The van der Waals surface area contributed by atoms with Gasteiger partial charge in [0.05, 0.1) is 10.4 Å². The third-order valence-electron chi connectivity index (χ3n) is 2.97. The van der Waals surface area contributed by atoms with Crippen molar-refractivity contribution < 1.29 is 21.9 Å². The average Bonchev–Trinajstić information content (AvgIpc) is 2.87. The quantitative estimate of drug-likeness (QED) is 0.625. The average molecular weight is 349 g/mol. The van der Waals surface area contributed by atoms with Gasteiger partial charge in [-0.05, 0) is 19.4 Å². The molecule has 0 aliphatic heterocycles. The highest BCUT2D eigenvalue weighted by molar-refractivity contribution is 7.76. The van der Waals surface area contributed by atoms with Crippen LogP contribution in [0, 0.1) is 0 Å². The molecule has 2 aromatic rings. The summed E-state index contributed by atoms with van der Waals surface area (Å²) in [5.41, 5.74) is -1.02. The fourth-order valence-electron chi connectivity index (χ4n) is 1.97. The van der Waals surface area contributed by atoms with Crippen LogP contribution < -0.4 is 0 Å². The lowest BCUT2D eigenvalue weighted by molar-refractivity contribution is -0.235. The molecule has 1 unspecified atom stereocenters. The number of aromatic nitrogens is 1. The Morgan fingerprint density at radius 1 is 1.23 bits per heavy atom. The molecule has 1 atom stereocenters. The Hall–Kier alpha value is -1.29. The summed E-state index contributed by atoms with van der Waals surface area (Å²) in [6, 6.07) is 9.03. The van der Waals surface area contributed by atoms with Crippen molar-refractivity contribution in [1.29, 1.82) is 0 Å².